The molecule has 1 aliphatic heterocycles. The highest BCUT2D eigenvalue weighted by atomic mass is 15.1. The lowest BCUT2D eigenvalue weighted by Gasteiger charge is -2.25. The highest BCUT2D eigenvalue weighted by Gasteiger charge is 2.62. The van der Waals surface area contributed by atoms with Crippen molar-refractivity contribution in [3.63, 3.8) is 0 Å². The summed E-state index contributed by atoms with van der Waals surface area (Å²) in [4.78, 5) is 0. The molecule has 0 aromatic heterocycles. The Labute approximate surface area is 67.9 Å². The molecule has 11 heavy (non-hydrogen) atoms. The van der Waals surface area contributed by atoms with E-state index in [0.717, 1.165) is 24.1 Å². The zero-order chi connectivity index (χ0) is 8.22. The van der Waals surface area contributed by atoms with E-state index in [-0.39, 0.29) is 5.54 Å². The van der Waals surface area contributed by atoms with Crippen LogP contribution in [0.2, 0.25) is 0 Å². The van der Waals surface area contributed by atoms with E-state index < -0.39 is 0 Å². The highest BCUT2D eigenvalue weighted by molar-refractivity contribution is 5.82. The third kappa shape index (κ3) is 0.754. The smallest absolute Gasteiger partial charge is 0.0938 e. The van der Waals surface area contributed by atoms with Crippen LogP contribution in [0.3, 0.4) is 0 Å². The summed E-state index contributed by atoms with van der Waals surface area (Å²) in [5.74, 6) is 3.03. The zero-order valence-electron chi connectivity index (χ0n) is 7.44. The minimum absolute atomic E-state index is 0.273. The summed E-state index contributed by atoms with van der Waals surface area (Å²) in [6.45, 7) is 6.79. The van der Waals surface area contributed by atoms with E-state index in [4.69, 9.17) is 5.41 Å². The first-order chi connectivity index (χ1) is 5.05. The van der Waals surface area contributed by atoms with Crippen LogP contribution in [0.4, 0.5) is 0 Å². The molecule has 0 aromatic rings. The maximum atomic E-state index is 7.58. The van der Waals surface area contributed by atoms with Crippen molar-refractivity contribution in [1.29, 1.82) is 5.41 Å². The molecule has 2 N–H and O–H groups in total. The van der Waals surface area contributed by atoms with Gasteiger partial charge in [-0.05, 0) is 24.7 Å². The normalized spacial score (nSPS) is 54.8. The van der Waals surface area contributed by atoms with Gasteiger partial charge in [0.2, 0.25) is 0 Å². The number of nitrogens with one attached hydrogen (secondary N) is 2. The number of piperidine rings is 1. The SMILES string of the molecule is CC1CC(=N)N[C@]2(C)C(C)[C@@H]12. The third-order valence-corrected chi connectivity index (χ3v) is 3.63. The molecule has 0 amide bonds. The van der Waals surface area contributed by atoms with Crippen LogP contribution in [-0.2, 0) is 0 Å². The number of hydrogen-bond donors (Lipinski definition) is 2. The van der Waals surface area contributed by atoms with Crippen LogP contribution in [0.1, 0.15) is 27.2 Å². The van der Waals surface area contributed by atoms with Gasteiger partial charge in [0.15, 0.2) is 0 Å². The average molecular weight is 152 g/mol. The molecule has 2 fully saturated rings. The van der Waals surface area contributed by atoms with Gasteiger partial charge >= 0.3 is 0 Å². The molecule has 2 unspecified atom stereocenters. The fourth-order valence-corrected chi connectivity index (χ4v) is 2.87. The van der Waals surface area contributed by atoms with Crippen LogP contribution in [0.15, 0.2) is 0 Å². The first kappa shape index (κ1) is 7.14. The Balaban J connectivity index is 2.20. The molecule has 2 rings (SSSR count). The van der Waals surface area contributed by atoms with Crippen LogP contribution >= 0.6 is 0 Å². The number of hydrogen-bond acceptors (Lipinski definition) is 1. The molecule has 0 radical (unpaired) electrons. The summed E-state index contributed by atoms with van der Waals surface area (Å²) in [6, 6.07) is 0. The lowest BCUT2D eigenvalue weighted by Crippen LogP contribution is -2.42. The Morgan fingerprint density at radius 1 is 1.55 bits per heavy atom. The summed E-state index contributed by atoms with van der Waals surface area (Å²) in [5, 5.41) is 10.9. The Hall–Kier alpha value is -0.530. The summed E-state index contributed by atoms with van der Waals surface area (Å²) in [6.07, 6.45) is 0.949. The first-order valence-electron chi connectivity index (χ1n) is 4.41. The van der Waals surface area contributed by atoms with Crippen molar-refractivity contribution in [3.8, 4) is 0 Å². The summed E-state index contributed by atoms with van der Waals surface area (Å²) < 4.78 is 0. The predicted molar refractivity (Wildman–Crippen MR) is 45.7 cm³/mol. The van der Waals surface area contributed by atoms with E-state index in [9.17, 15) is 0 Å². The molecule has 0 bridgehead atoms. The molecule has 0 spiro atoms. The van der Waals surface area contributed by atoms with Gasteiger partial charge in [0, 0.05) is 12.0 Å². The lowest BCUT2D eigenvalue weighted by molar-refractivity contribution is 0.412. The van der Waals surface area contributed by atoms with E-state index in [0.29, 0.717) is 5.92 Å². The van der Waals surface area contributed by atoms with Gasteiger partial charge in [0.25, 0.3) is 0 Å². The lowest BCUT2D eigenvalue weighted by atomic mass is 9.94. The van der Waals surface area contributed by atoms with Crippen LogP contribution in [-0.4, -0.2) is 11.4 Å². The highest BCUT2D eigenvalue weighted by Crippen LogP contribution is 2.56. The summed E-state index contributed by atoms with van der Waals surface area (Å²) >= 11 is 0. The molecule has 4 atom stereocenters. The third-order valence-electron chi connectivity index (χ3n) is 3.63. The molecule has 1 heterocycles. The van der Waals surface area contributed by atoms with E-state index in [1.165, 1.54) is 0 Å². The molecular formula is C9H16N2. The van der Waals surface area contributed by atoms with Gasteiger partial charge in [-0.1, -0.05) is 13.8 Å². The van der Waals surface area contributed by atoms with Gasteiger partial charge in [-0.15, -0.1) is 0 Å². The van der Waals surface area contributed by atoms with Crippen molar-refractivity contribution in [3.05, 3.63) is 0 Å². The molecule has 2 aliphatic rings. The minimum Gasteiger partial charge on any atom is -0.368 e. The minimum atomic E-state index is 0.273. The molecule has 1 saturated carbocycles. The second-order valence-electron chi connectivity index (χ2n) is 4.38. The van der Waals surface area contributed by atoms with Crippen LogP contribution in [0.5, 0.6) is 0 Å². The van der Waals surface area contributed by atoms with Crippen molar-refractivity contribution in [1.82, 2.24) is 5.32 Å². The maximum absolute atomic E-state index is 7.58. The molecule has 2 heteroatoms. The van der Waals surface area contributed by atoms with E-state index in [1.54, 1.807) is 0 Å². The average Bonchev–Trinajstić information content (AvgIpc) is 2.33. The second kappa shape index (κ2) is 1.79. The van der Waals surface area contributed by atoms with Gasteiger partial charge in [-0.2, -0.15) is 0 Å². The van der Waals surface area contributed by atoms with Gasteiger partial charge in [-0.3, -0.25) is 5.41 Å². The van der Waals surface area contributed by atoms with Crippen LogP contribution in [0.25, 0.3) is 0 Å². The monoisotopic (exact) mass is 152 g/mol. The fourth-order valence-electron chi connectivity index (χ4n) is 2.87. The molecule has 0 aromatic carbocycles. The standard InChI is InChI=1S/C9H16N2/c1-5-4-7(10)11-9(3)6(2)8(5)9/h5-6,8H,4H2,1-3H3,(H2,10,11)/t5?,6?,8-,9-/m1/s1. The molecular weight excluding hydrogens is 136 g/mol. The summed E-state index contributed by atoms with van der Waals surface area (Å²) in [7, 11) is 0. The number of fused-ring (bicyclic) bond motifs is 1. The topological polar surface area (TPSA) is 35.9 Å². The van der Waals surface area contributed by atoms with E-state index in [2.05, 4.69) is 26.1 Å². The predicted octanol–water partition coefficient (Wildman–Crippen LogP) is 1.62. The molecule has 62 valence electrons. The molecule has 1 saturated heterocycles. The van der Waals surface area contributed by atoms with E-state index in [1.807, 2.05) is 0 Å². The molecule has 1 aliphatic carbocycles. The first-order valence-corrected chi connectivity index (χ1v) is 4.41. The molecule has 2 nitrogen and oxygen atoms in total. The van der Waals surface area contributed by atoms with Crippen molar-refractivity contribution in [2.45, 2.75) is 32.7 Å². The second-order valence-corrected chi connectivity index (χ2v) is 4.38. The van der Waals surface area contributed by atoms with Gasteiger partial charge in [-0.25, -0.2) is 0 Å². The van der Waals surface area contributed by atoms with Crippen molar-refractivity contribution in [2.24, 2.45) is 17.8 Å². The van der Waals surface area contributed by atoms with Crippen LogP contribution in [0, 0.1) is 23.2 Å². The van der Waals surface area contributed by atoms with Crippen molar-refractivity contribution in [2.75, 3.05) is 0 Å². The van der Waals surface area contributed by atoms with Gasteiger partial charge < -0.3 is 5.32 Å². The van der Waals surface area contributed by atoms with Gasteiger partial charge in [0.1, 0.15) is 0 Å². The Morgan fingerprint density at radius 3 is 2.73 bits per heavy atom. The van der Waals surface area contributed by atoms with Gasteiger partial charge in [0.05, 0.1) is 5.84 Å². The van der Waals surface area contributed by atoms with Crippen LogP contribution < -0.4 is 5.32 Å². The summed E-state index contributed by atoms with van der Waals surface area (Å²) in [5.41, 5.74) is 0.273. The Kier molecular flexibility index (Phi) is 1.16. The number of amidine groups is 1. The fraction of sp³-hybridized carbons (Fsp3) is 0.889. The number of rotatable bonds is 0. The van der Waals surface area contributed by atoms with Crippen molar-refractivity contribution >= 4 is 5.84 Å². The van der Waals surface area contributed by atoms with E-state index >= 15 is 0 Å². The Morgan fingerprint density at radius 2 is 2.18 bits per heavy atom. The quantitative estimate of drug-likeness (QED) is 0.543. The largest absolute Gasteiger partial charge is 0.368 e. The van der Waals surface area contributed by atoms with Crippen molar-refractivity contribution < 1.29 is 0 Å². The Bertz CT molecular complexity index is 212. The zero-order valence-corrected chi connectivity index (χ0v) is 7.44. The maximum Gasteiger partial charge on any atom is 0.0938 e.